The number of hydrogen-bond acceptors (Lipinski definition) is 7. The molecule has 33 heavy (non-hydrogen) atoms. The molecular formula is C24H25N5O4. The zero-order valence-corrected chi connectivity index (χ0v) is 18.9. The third-order valence-corrected chi connectivity index (χ3v) is 5.41. The summed E-state index contributed by atoms with van der Waals surface area (Å²) in [5.41, 5.74) is 0.398. The predicted molar refractivity (Wildman–Crippen MR) is 123 cm³/mol. The van der Waals surface area contributed by atoms with Gasteiger partial charge < -0.3 is 20.1 Å². The Morgan fingerprint density at radius 2 is 2.12 bits per heavy atom. The number of nitrogens with zero attached hydrogens (tertiary/aromatic N) is 4. The summed E-state index contributed by atoms with van der Waals surface area (Å²) < 4.78 is 6.57. The Labute approximate surface area is 191 Å². The topological polar surface area (TPSA) is 110 Å². The van der Waals surface area contributed by atoms with Crippen LogP contribution < -0.4 is 5.32 Å². The van der Waals surface area contributed by atoms with E-state index in [0.717, 1.165) is 0 Å². The Bertz CT molecular complexity index is 1300. The van der Waals surface area contributed by atoms with E-state index in [0.29, 0.717) is 34.5 Å². The van der Waals surface area contributed by atoms with Crippen molar-refractivity contribution in [3.05, 3.63) is 47.8 Å². The minimum Gasteiger partial charge on any atom is -0.464 e. The van der Waals surface area contributed by atoms with Crippen molar-refractivity contribution in [3.8, 4) is 17.5 Å². The van der Waals surface area contributed by atoms with Crippen molar-refractivity contribution in [2.75, 3.05) is 26.0 Å². The molecule has 1 amide bonds. The number of carbonyl (C=O) groups is 2. The molecular weight excluding hydrogens is 422 g/mol. The van der Waals surface area contributed by atoms with Gasteiger partial charge in [-0.15, -0.1) is 0 Å². The molecule has 2 N–H and O–H groups in total. The number of amides is 1. The van der Waals surface area contributed by atoms with E-state index in [1.807, 2.05) is 19.9 Å². The van der Waals surface area contributed by atoms with Gasteiger partial charge in [0.05, 0.1) is 23.7 Å². The van der Waals surface area contributed by atoms with E-state index in [4.69, 9.17) is 4.74 Å². The SMILES string of the molecule is COC(=O)c1nn(-c2cccc(C#CC3(O)CCN(C)C3=O)c2)c2ccnc(NC(C)C)c12. The number of ether oxygens (including phenoxy) is 1. The molecule has 4 rings (SSSR count). The van der Waals surface area contributed by atoms with Crippen molar-refractivity contribution < 1.29 is 19.4 Å². The summed E-state index contributed by atoms with van der Waals surface area (Å²) in [7, 11) is 2.95. The first-order valence-corrected chi connectivity index (χ1v) is 10.6. The van der Waals surface area contributed by atoms with Crippen LogP contribution in [0.5, 0.6) is 0 Å². The quantitative estimate of drug-likeness (QED) is 0.465. The van der Waals surface area contributed by atoms with Gasteiger partial charge in [0.1, 0.15) is 5.82 Å². The molecule has 1 saturated heterocycles. The first-order valence-electron chi connectivity index (χ1n) is 10.6. The van der Waals surface area contributed by atoms with Gasteiger partial charge in [-0.05, 0) is 38.1 Å². The van der Waals surface area contributed by atoms with Crippen LogP contribution in [-0.4, -0.2) is 69.0 Å². The number of aliphatic hydroxyl groups is 1. The van der Waals surface area contributed by atoms with Gasteiger partial charge in [0, 0.05) is 37.8 Å². The van der Waals surface area contributed by atoms with Crippen LogP contribution >= 0.6 is 0 Å². The maximum absolute atomic E-state index is 12.5. The molecule has 3 heterocycles. The van der Waals surface area contributed by atoms with E-state index in [1.54, 1.807) is 42.2 Å². The fourth-order valence-electron chi connectivity index (χ4n) is 3.75. The van der Waals surface area contributed by atoms with Crippen LogP contribution in [0.1, 0.15) is 36.3 Å². The minimum absolute atomic E-state index is 0.0960. The molecule has 170 valence electrons. The van der Waals surface area contributed by atoms with Gasteiger partial charge >= 0.3 is 5.97 Å². The largest absolute Gasteiger partial charge is 0.464 e. The number of rotatable bonds is 4. The lowest BCUT2D eigenvalue weighted by atomic mass is 10.0. The Kier molecular flexibility index (Phi) is 5.78. The molecule has 1 unspecified atom stereocenters. The highest BCUT2D eigenvalue weighted by molar-refractivity contribution is 6.07. The highest BCUT2D eigenvalue weighted by Gasteiger charge is 2.42. The number of anilines is 1. The number of methoxy groups -OCH3 is 1. The predicted octanol–water partition coefficient (Wildman–Crippen LogP) is 1.97. The lowest BCUT2D eigenvalue weighted by molar-refractivity contribution is -0.137. The van der Waals surface area contributed by atoms with Gasteiger partial charge in [0.25, 0.3) is 5.91 Å². The Morgan fingerprint density at radius 1 is 1.33 bits per heavy atom. The van der Waals surface area contributed by atoms with Crippen molar-refractivity contribution in [1.82, 2.24) is 19.7 Å². The van der Waals surface area contributed by atoms with Crippen LogP contribution in [0.2, 0.25) is 0 Å². The Hall–Kier alpha value is -3.90. The van der Waals surface area contributed by atoms with Crippen LogP contribution in [0.4, 0.5) is 5.82 Å². The molecule has 3 aromatic rings. The standard InChI is InChI=1S/C24H25N5O4/c1-15(2)26-21-19-18(9-12-25-21)29(27-20(19)22(30)33-4)17-7-5-6-16(14-17)8-10-24(32)11-13-28(3)23(24)31/h5-7,9,12,14-15,32H,11,13H2,1-4H3,(H,25,26). The highest BCUT2D eigenvalue weighted by atomic mass is 16.5. The number of benzene rings is 1. The van der Waals surface area contributed by atoms with E-state index < -0.39 is 17.5 Å². The molecule has 0 bridgehead atoms. The molecule has 2 aromatic heterocycles. The van der Waals surface area contributed by atoms with Crippen LogP contribution in [0.3, 0.4) is 0 Å². The highest BCUT2D eigenvalue weighted by Crippen LogP contribution is 2.29. The Morgan fingerprint density at radius 3 is 2.79 bits per heavy atom. The average Bonchev–Trinajstić information content (AvgIpc) is 3.32. The number of aromatic nitrogens is 3. The molecule has 0 saturated carbocycles. The number of hydrogen-bond donors (Lipinski definition) is 2. The summed E-state index contributed by atoms with van der Waals surface area (Å²) in [6, 6.07) is 9.06. The van der Waals surface area contributed by atoms with Gasteiger partial charge in [-0.1, -0.05) is 17.9 Å². The summed E-state index contributed by atoms with van der Waals surface area (Å²) in [4.78, 5) is 30.5. The van der Waals surface area contributed by atoms with Gasteiger partial charge in [-0.3, -0.25) is 4.79 Å². The van der Waals surface area contributed by atoms with Crippen molar-refractivity contribution >= 4 is 28.6 Å². The molecule has 1 aliphatic rings. The first-order chi connectivity index (χ1) is 15.7. The lowest BCUT2D eigenvalue weighted by Gasteiger charge is -2.13. The number of esters is 1. The third kappa shape index (κ3) is 4.13. The maximum atomic E-state index is 12.5. The average molecular weight is 447 g/mol. The second kappa shape index (κ2) is 8.56. The van der Waals surface area contributed by atoms with Gasteiger partial charge in [-0.2, -0.15) is 5.10 Å². The van der Waals surface area contributed by atoms with E-state index >= 15 is 0 Å². The molecule has 0 aliphatic carbocycles. The number of pyridine rings is 1. The summed E-state index contributed by atoms with van der Waals surface area (Å²) in [6.45, 7) is 4.41. The number of carbonyl (C=O) groups excluding carboxylic acids is 2. The molecule has 1 aromatic carbocycles. The van der Waals surface area contributed by atoms with Crippen LogP contribution in [0.15, 0.2) is 36.5 Å². The van der Waals surface area contributed by atoms with Crippen molar-refractivity contribution in [1.29, 1.82) is 0 Å². The molecule has 1 aliphatic heterocycles. The van der Waals surface area contributed by atoms with E-state index in [1.165, 1.54) is 12.0 Å². The summed E-state index contributed by atoms with van der Waals surface area (Å²) in [5.74, 6) is 5.20. The van der Waals surface area contributed by atoms with Gasteiger partial charge in [-0.25, -0.2) is 14.5 Å². The molecule has 9 nitrogen and oxygen atoms in total. The number of fused-ring (bicyclic) bond motifs is 1. The molecule has 0 radical (unpaired) electrons. The van der Waals surface area contributed by atoms with E-state index in [2.05, 4.69) is 27.2 Å². The van der Waals surface area contributed by atoms with Crippen molar-refractivity contribution in [2.24, 2.45) is 0 Å². The lowest BCUT2D eigenvalue weighted by Crippen LogP contribution is -2.37. The van der Waals surface area contributed by atoms with E-state index in [-0.39, 0.29) is 18.2 Å². The van der Waals surface area contributed by atoms with Crippen LogP contribution in [0.25, 0.3) is 16.6 Å². The number of likely N-dealkylation sites (N-methyl/N-ethyl adjacent to an activating group) is 1. The van der Waals surface area contributed by atoms with E-state index in [9.17, 15) is 14.7 Å². The summed E-state index contributed by atoms with van der Waals surface area (Å²) in [5, 5.41) is 18.9. The monoisotopic (exact) mass is 447 g/mol. The first kappa shape index (κ1) is 22.3. The maximum Gasteiger partial charge on any atom is 0.359 e. The van der Waals surface area contributed by atoms with Crippen LogP contribution in [-0.2, 0) is 9.53 Å². The number of likely N-dealkylation sites (tertiary alicyclic amines) is 1. The third-order valence-electron chi connectivity index (χ3n) is 5.41. The van der Waals surface area contributed by atoms with Gasteiger partial charge in [0.15, 0.2) is 5.69 Å². The summed E-state index contributed by atoms with van der Waals surface area (Å²) >= 11 is 0. The zero-order chi connectivity index (χ0) is 23.8. The second-order valence-electron chi connectivity index (χ2n) is 8.24. The smallest absolute Gasteiger partial charge is 0.359 e. The normalized spacial score (nSPS) is 17.9. The fourth-order valence-corrected chi connectivity index (χ4v) is 3.75. The minimum atomic E-state index is -1.68. The number of nitrogens with one attached hydrogen (secondary N) is 1. The molecule has 1 atom stereocenters. The zero-order valence-electron chi connectivity index (χ0n) is 18.9. The van der Waals surface area contributed by atoms with Gasteiger partial charge in [0.2, 0.25) is 5.60 Å². The molecule has 0 spiro atoms. The second-order valence-corrected chi connectivity index (χ2v) is 8.24. The van der Waals surface area contributed by atoms with Crippen molar-refractivity contribution in [2.45, 2.75) is 31.9 Å². The fraction of sp³-hybridized carbons (Fsp3) is 0.333. The Balaban J connectivity index is 1.80. The summed E-state index contributed by atoms with van der Waals surface area (Å²) in [6.07, 6.45) is 1.91. The van der Waals surface area contributed by atoms with Crippen molar-refractivity contribution in [3.63, 3.8) is 0 Å². The van der Waals surface area contributed by atoms with Crippen LogP contribution in [0, 0.1) is 11.8 Å². The molecule has 9 heteroatoms. The molecule has 1 fully saturated rings.